The van der Waals surface area contributed by atoms with Gasteiger partial charge >= 0.3 is 53.4 Å². The first-order chi connectivity index (χ1) is 33.2. The first-order valence-electron chi connectivity index (χ1n) is 20.4. The number of aliphatic imine (C=N–C) groups is 1. The second-order valence-corrected chi connectivity index (χ2v) is 14.6. The van der Waals surface area contributed by atoms with E-state index in [0.29, 0.717) is 59.6 Å². The molecule has 7 rings (SSSR count). The Morgan fingerprint density at radius 3 is 1.70 bits per heavy atom. The molecule has 5 N–H and O–H groups in total. The van der Waals surface area contributed by atoms with Gasteiger partial charge in [0, 0.05) is 45.1 Å². The molecule has 0 fully saturated rings. The van der Waals surface area contributed by atoms with Crippen LogP contribution in [-0.2, 0) is 23.8 Å². The maximum atomic E-state index is 11.7. The second kappa shape index (κ2) is 37.2. The summed E-state index contributed by atoms with van der Waals surface area (Å²) in [4.78, 5) is 59.0. The van der Waals surface area contributed by atoms with E-state index in [1.807, 2.05) is 38.0 Å². The van der Waals surface area contributed by atoms with E-state index >= 15 is 0 Å². The maximum Gasteiger partial charge on any atom is 1.00 e. The number of carbonyl (C=O) groups excluding carboxylic acids is 3. The zero-order valence-electron chi connectivity index (χ0n) is 40.2. The number of esters is 3. The molecule has 7 aromatic rings. The zero-order valence-corrected chi connectivity index (χ0v) is 45.3. The fourth-order valence-corrected chi connectivity index (χ4v) is 5.44. The van der Waals surface area contributed by atoms with Crippen molar-refractivity contribution in [3.05, 3.63) is 115 Å². The minimum absolute atomic E-state index is 0. The molecule has 26 nitrogen and oxygen atoms in total. The molecule has 0 saturated carbocycles. The van der Waals surface area contributed by atoms with Gasteiger partial charge in [0.05, 0.1) is 38.6 Å². The predicted molar refractivity (Wildman–Crippen MR) is 264 cm³/mol. The molecule has 2 atom stereocenters. The van der Waals surface area contributed by atoms with Gasteiger partial charge in [-0.2, -0.15) is 25.5 Å². The van der Waals surface area contributed by atoms with Crippen LogP contribution in [0.3, 0.4) is 0 Å². The normalized spacial score (nSPS) is 10.6. The van der Waals surface area contributed by atoms with Crippen molar-refractivity contribution in [2.24, 2.45) is 4.99 Å². The first kappa shape index (κ1) is 64.3. The molecule has 0 aliphatic heterocycles. The summed E-state index contributed by atoms with van der Waals surface area (Å²) < 4.78 is 17.1. The number of rotatable bonds is 13. The number of hydrogen-bond donors (Lipinski definition) is 3. The molecule has 29 heteroatoms. The number of halogens is 2. The molecule has 0 bridgehead atoms. The molecule has 0 amide bonds. The Labute approximate surface area is 447 Å². The van der Waals surface area contributed by atoms with E-state index in [1.54, 1.807) is 113 Å². The molecule has 7 heterocycles. The summed E-state index contributed by atoms with van der Waals surface area (Å²) in [5, 5.41) is 42.1. The summed E-state index contributed by atoms with van der Waals surface area (Å²) in [6, 6.07) is 17.5. The van der Waals surface area contributed by atoms with Gasteiger partial charge in [-0.3, -0.25) is 14.5 Å². The van der Waals surface area contributed by atoms with E-state index in [4.69, 9.17) is 20.3 Å². The van der Waals surface area contributed by atoms with Gasteiger partial charge in [0.15, 0.2) is 28.5 Å². The number of hydrogen-bond acceptors (Lipinski definition) is 22. The summed E-state index contributed by atoms with van der Waals surface area (Å²) >= 11 is 6.28. The van der Waals surface area contributed by atoms with Crippen molar-refractivity contribution < 1.29 is 73.5 Å². The quantitative estimate of drug-likeness (QED) is 0.0275. The Morgan fingerprint density at radius 2 is 1.28 bits per heavy atom. The van der Waals surface area contributed by atoms with E-state index in [2.05, 4.69) is 97.7 Å². The summed E-state index contributed by atoms with van der Waals surface area (Å²) in [6.07, 6.45) is 12.0. The number of alkyl halides is 2. The van der Waals surface area contributed by atoms with E-state index in [1.165, 1.54) is 27.6 Å². The van der Waals surface area contributed by atoms with Gasteiger partial charge in [-0.15, -0.1) is 15.3 Å². The number of anilines is 2. The van der Waals surface area contributed by atoms with Crippen LogP contribution in [0.25, 0.3) is 11.3 Å². The Kier molecular flexibility index (Phi) is 33.7. The van der Waals surface area contributed by atoms with Crippen LogP contribution >= 0.6 is 31.9 Å². The Morgan fingerprint density at radius 1 is 0.761 bits per heavy atom. The van der Waals surface area contributed by atoms with Crippen LogP contribution in [0.2, 0.25) is 0 Å². The van der Waals surface area contributed by atoms with Crippen LogP contribution in [0.15, 0.2) is 109 Å². The molecular formula is C42H54Br2N17NaO9. The van der Waals surface area contributed by atoms with Crippen molar-refractivity contribution in [3.8, 4) is 0 Å². The monoisotopic (exact) mass is 1120 g/mol. The van der Waals surface area contributed by atoms with E-state index < -0.39 is 16.8 Å². The molecule has 7 aromatic heterocycles. The third-order valence-electron chi connectivity index (χ3n) is 7.46. The standard InChI is InChI=1S/C11H17BrN4O2.C9H9N3O2.C7H10N4.C7H5N3O2.C4H7BrO2.C4H5N3.Na.H2O/c1-4-18-11(17)9(12)10(16(2)3)14-8-6-5-7-13-15-8;1-2-14-9(13)7-6-10-8-4-3-5-11-12(7)8;1-11(2)6-8-7-4-3-5-9-10-7;11-7(12)5-4-8-6-2-1-3-9-10(5)6;1-2-7-4(6)3-5;5-4-2-1-3-6-7-4;;/h5-7,9-10H,4H2,1-3H3,(H,14,15);3-6H,2H2,1H3;3-6H,1-2H3;1-4H,(H,11,12);2-3H2,1H3;1-3H,(H2,5,7);;1H2/q;;;;;;+1;/p-1. The van der Waals surface area contributed by atoms with Crippen LogP contribution in [-0.4, -0.2) is 175 Å². The van der Waals surface area contributed by atoms with Crippen molar-refractivity contribution in [1.82, 2.24) is 69.6 Å². The molecule has 0 saturated heterocycles. The second-order valence-electron chi connectivity index (χ2n) is 13.1. The van der Waals surface area contributed by atoms with Gasteiger partial charge < -0.3 is 40.7 Å². The van der Waals surface area contributed by atoms with E-state index in [9.17, 15) is 19.2 Å². The number of nitrogens with one attached hydrogen (secondary N) is 1. The average molecular weight is 1120 g/mol. The van der Waals surface area contributed by atoms with Crippen LogP contribution in [0.5, 0.6) is 0 Å². The van der Waals surface area contributed by atoms with Gasteiger partial charge in [0.1, 0.15) is 28.0 Å². The number of aromatic nitrogens is 12. The van der Waals surface area contributed by atoms with Crippen LogP contribution in [0.4, 0.5) is 17.5 Å². The van der Waals surface area contributed by atoms with Gasteiger partial charge in [-0.1, -0.05) is 31.9 Å². The number of carboxylic acids is 1. The molecule has 0 aliphatic carbocycles. The molecule has 71 heavy (non-hydrogen) atoms. The third kappa shape index (κ3) is 25.1. The fourth-order valence-electron chi connectivity index (χ4n) is 4.54. The molecule has 0 aromatic carbocycles. The molecular weight excluding hydrogens is 1070 g/mol. The van der Waals surface area contributed by atoms with Crippen LogP contribution in [0.1, 0.15) is 41.7 Å². The number of nitrogen functional groups attached to an aromatic ring is 1. The number of carbonyl (C=O) groups is 4. The minimum atomic E-state index is -1.03. The average Bonchev–Trinajstić information content (AvgIpc) is 4.00. The van der Waals surface area contributed by atoms with Crippen molar-refractivity contribution in [1.29, 1.82) is 0 Å². The molecule has 0 spiro atoms. The molecule has 0 aliphatic rings. The Hall–Kier alpha value is -6.69. The number of nitrogens with two attached hydrogens (primary N) is 1. The number of ether oxygens (including phenoxy) is 3. The van der Waals surface area contributed by atoms with Crippen molar-refractivity contribution in [2.75, 3.05) is 64.4 Å². The Balaban J connectivity index is 0.000000847. The Bertz CT molecular complexity index is 2590. The van der Waals surface area contributed by atoms with E-state index in [-0.39, 0.29) is 58.8 Å². The smallest absolute Gasteiger partial charge is 0.870 e. The van der Waals surface area contributed by atoms with Gasteiger partial charge in [0.25, 0.3) is 0 Å². The van der Waals surface area contributed by atoms with E-state index in [0.717, 1.165) is 0 Å². The molecule has 376 valence electrons. The van der Waals surface area contributed by atoms with Crippen molar-refractivity contribution in [2.45, 2.75) is 31.8 Å². The summed E-state index contributed by atoms with van der Waals surface area (Å²) in [6.45, 7) is 6.48. The fraction of sp³-hybridized carbons (Fsp3) is 0.310. The summed E-state index contributed by atoms with van der Waals surface area (Å²) in [5.74, 6) is -0.261. The number of imidazole rings is 2. The summed E-state index contributed by atoms with van der Waals surface area (Å²) in [5.41, 5.74) is 6.78. The first-order valence-corrected chi connectivity index (χ1v) is 22.4. The number of fused-ring (bicyclic) bond motifs is 2. The van der Waals surface area contributed by atoms with Crippen LogP contribution in [0, 0.1) is 0 Å². The number of carboxylic acid groups (broad SMARTS) is 1. The van der Waals surface area contributed by atoms with Crippen molar-refractivity contribution >= 4 is 90.8 Å². The van der Waals surface area contributed by atoms with Gasteiger partial charge in [-0.25, -0.2) is 33.6 Å². The minimum Gasteiger partial charge on any atom is -0.870 e. The molecule has 2 unspecified atom stereocenters. The number of nitrogens with zero attached hydrogens (tertiary/aromatic N) is 15. The van der Waals surface area contributed by atoms with Crippen molar-refractivity contribution in [3.63, 3.8) is 0 Å². The maximum absolute atomic E-state index is 11.7. The predicted octanol–water partition coefficient (Wildman–Crippen LogP) is 0.965. The van der Waals surface area contributed by atoms with Gasteiger partial charge in [0.2, 0.25) is 0 Å². The van der Waals surface area contributed by atoms with Crippen LogP contribution < -0.4 is 40.6 Å². The van der Waals surface area contributed by atoms with Gasteiger partial charge in [-0.05, 0) is 95.5 Å². The largest absolute Gasteiger partial charge is 1.00 e. The summed E-state index contributed by atoms with van der Waals surface area (Å²) in [7, 11) is 7.53. The zero-order chi connectivity index (χ0) is 51.0. The SMILES string of the molecule is CCOC(=O)C(Br)C(Nc1cccnn1)N(C)C.CCOC(=O)CBr.CCOC(=O)c1cnc2cccnn12.CN(C)C=Nc1cccnn1.Nc1cccnn1.O=C(O)c1cnc2cccnn12.[Na+].[OH-]. The molecule has 0 radical (unpaired) electrons. The topological polar surface area (TPSA) is 341 Å². The number of aromatic carboxylic acids is 1. The third-order valence-corrected chi connectivity index (χ3v) is 8.79.